The lowest BCUT2D eigenvalue weighted by atomic mass is 9.99. The monoisotopic (exact) mass is 382 g/mol. The Morgan fingerprint density at radius 1 is 1.21 bits per heavy atom. The fourth-order valence-corrected chi connectivity index (χ4v) is 5.34. The minimum atomic E-state index is -0.554. The van der Waals surface area contributed by atoms with Crippen LogP contribution in [0.4, 0.5) is 0 Å². The summed E-state index contributed by atoms with van der Waals surface area (Å²) in [7, 11) is 0. The predicted molar refractivity (Wildman–Crippen MR) is 102 cm³/mol. The fraction of sp³-hybridized carbons (Fsp3) is 0.571. The summed E-state index contributed by atoms with van der Waals surface area (Å²) in [6.45, 7) is 3.33. The van der Waals surface area contributed by atoms with Crippen molar-refractivity contribution < 1.29 is 14.4 Å². The van der Waals surface area contributed by atoms with Gasteiger partial charge in [-0.3, -0.25) is 19.7 Å². The molecule has 7 nitrogen and oxygen atoms in total. The first kappa shape index (κ1) is 17.8. The number of nitrogens with zero attached hydrogens (tertiary/aromatic N) is 1. The minimum absolute atomic E-state index is 0.116. The lowest BCUT2D eigenvalue weighted by Gasteiger charge is -2.29. The maximum absolute atomic E-state index is 12.7. The lowest BCUT2D eigenvalue weighted by molar-refractivity contribution is -0.136. The number of hydrogen-bond acceptors (Lipinski definition) is 5. The number of benzene rings is 1. The second-order valence-corrected chi connectivity index (χ2v) is 8.77. The average molecular weight is 382 g/mol. The zero-order chi connectivity index (χ0) is 19.3. The Hall–Kier alpha value is -2.25. The van der Waals surface area contributed by atoms with E-state index < -0.39 is 6.04 Å². The summed E-state index contributed by atoms with van der Waals surface area (Å²) >= 11 is 0. The highest BCUT2D eigenvalue weighted by Gasteiger charge is 2.44. The number of rotatable bonds is 5. The summed E-state index contributed by atoms with van der Waals surface area (Å²) in [5.41, 5.74) is 3.07. The maximum Gasteiger partial charge on any atom is 0.255 e. The molecule has 3 atom stereocenters. The van der Waals surface area contributed by atoms with E-state index in [1.807, 2.05) is 12.1 Å². The van der Waals surface area contributed by atoms with Crippen LogP contribution in [0.25, 0.3) is 0 Å². The van der Waals surface area contributed by atoms with Crippen molar-refractivity contribution in [1.82, 2.24) is 20.9 Å². The van der Waals surface area contributed by atoms with E-state index in [1.165, 1.54) is 19.3 Å². The first-order chi connectivity index (χ1) is 13.5. The van der Waals surface area contributed by atoms with Crippen LogP contribution in [-0.2, 0) is 22.7 Å². The van der Waals surface area contributed by atoms with Gasteiger partial charge in [0, 0.05) is 37.2 Å². The molecular formula is C21H26N4O3. The number of piperidine rings is 2. The predicted octanol–water partition coefficient (Wildman–Crippen LogP) is 0.679. The van der Waals surface area contributed by atoms with Gasteiger partial charge in [0.05, 0.1) is 0 Å². The molecule has 1 aromatic carbocycles. The van der Waals surface area contributed by atoms with E-state index in [-0.39, 0.29) is 29.7 Å². The minimum Gasteiger partial charge on any atom is -0.322 e. The quantitative estimate of drug-likeness (QED) is 0.652. The molecule has 2 bridgehead atoms. The van der Waals surface area contributed by atoms with Crippen molar-refractivity contribution in [3.05, 3.63) is 34.9 Å². The summed E-state index contributed by atoms with van der Waals surface area (Å²) < 4.78 is 0. The molecule has 1 aliphatic carbocycles. The van der Waals surface area contributed by atoms with E-state index in [1.54, 1.807) is 4.90 Å². The molecule has 148 valence electrons. The van der Waals surface area contributed by atoms with Crippen molar-refractivity contribution in [2.24, 2.45) is 5.92 Å². The third kappa shape index (κ3) is 3.02. The molecule has 3 amide bonds. The molecular weight excluding hydrogens is 356 g/mol. The van der Waals surface area contributed by atoms with Gasteiger partial charge in [0.1, 0.15) is 6.04 Å². The van der Waals surface area contributed by atoms with Crippen molar-refractivity contribution in [2.75, 3.05) is 13.1 Å². The number of nitrogens with one attached hydrogen (secondary N) is 3. The molecule has 2 saturated heterocycles. The van der Waals surface area contributed by atoms with Crippen LogP contribution < -0.4 is 16.0 Å². The first-order valence-electron chi connectivity index (χ1n) is 10.3. The maximum atomic E-state index is 12.7. The molecule has 3 heterocycles. The van der Waals surface area contributed by atoms with Crippen LogP contribution in [0.5, 0.6) is 0 Å². The van der Waals surface area contributed by atoms with Gasteiger partial charge in [-0.1, -0.05) is 12.1 Å². The van der Waals surface area contributed by atoms with Crippen molar-refractivity contribution in [1.29, 1.82) is 0 Å². The molecule has 4 aliphatic rings. The van der Waals surface area contributed by atoms with Crippen molar-refractivity contribution in [3.63, 3.8) is 0 Å². The largest absolute Gasteiger partial charge is 0.322 e. The lowest BCUT2D eigenvalue weighted by Crippen LogP contribution is -2.52. The summed E-state index contributed by atoms with van der Waals surface area (Å²) in [4.78, 5) is 37.9. The van der Waals surface area contributed by atoms with Crippen LogP contribution in [0.3, 0.4) is 0 Å². The Morgan fingerprint density at radius 2 is 2.11 bits per heavy atom. The number of imide groups is 1. The van der Waals surface area contributed by atoms with Crippen LogP contribution in [0.2, 0.25) is 0 Å². The number of fused-ring (bicyclic) bond motifs is 3. The van der Waals surface area contributed by atoms with Gasteiger partial charge >= 0.3 is 0 Å². The van der Waals surface area contributed by atoms with E-state index in [0.29, 0.717) is 18.5 Å². The third-order valence-corrected chi connectivity index (χ3v) is 6.86. The first-order valence-corrected chi connectivity index (χ1v) is 10.3. The van der Waals surface area contributed by atoms with Gasteiger partial charge in [-0.15, -0.1) is 0 Å². The number of carbonyl (C=O) groups is 3. The van der Waals surface area contributed by atoms with E-state index in [2.05, 4.69) is 22.0 Å². The Bertz CT molecular complexity index is 844. The highest BCUT2D eigenvalue weighted by molar-refractivity contribution is 6.05. The van der Waals surface area contributed by atoms with Crippen LogP contribution in [0.1, 0.15) is 53.6 Å². The third-order valence-electron chi connectivity index (χ3n) is 6.86. The molecule has 0 aromatic heterocycles. The summed E-state index contributed by atoms with van der Waals surface area (Å²) in [5.74, 6) is 0.113. The number of amides is 3. The molecule has 5 rings (SSSR count). The Labute approximate surface area is 164 Å². The summed E-state index contributed by atoms with van der Waals surface area (Å²) in [6.07, 6.45) is 4.55. The van der Waals surface area contributed by atoms with Gasteiger partial charge in [-0.05, 0) is 55.3 Å². The Kier molecular flexibility index (Phi) is 4.25. The molecule has 28 heavy (non-hydrogen) atoms. The molecule has 0 radical (unpaired) electrons. The second-order valence-electron chi connectivity index (χ2n) is 8.77. The molecule has 3 fully saturated rings. The molecule has 3 aliphatic heterocycles. The van der Waals surface area contributed by atoms with Crippen molar-refractivity contribution >= 4 is 17.7 Å². The van der Waals surface area contributed by atoms with E-state index in [0.717, 1.165) is 36.7 Å². The summed E-state index contributed by atoms with van der Waals surface area (Å²) in [5, 5.41) is 9.61. The number of hydrogen-bond donors (Lipinski definition) is 3. The standard InChI is InChI=1S/C21H26N4O3/c26-18-4-3-17(19(27)24-18)25-11-15-7-13(1-2-16(15)20(25)28)9-22-12-21-6-5-14(8-21)10-23-21/h1-2,7,14,17,22-23H,3-6,8-12H2,(H,24,26,27). The van der Waals surface area contributed by atoms with E-state index in [4.69, 9.17) is 0 Å². The molecule has 7 heteroatoms. The van der Waals surface area contributed by atoms with Gasteiger partial charge in [0.2, 0.25) is 11.8 Å². The van der Waals surface area contributed by atoms with Gasteiger partial charge in [0.25, 0.3) is 5.91 Å². The fourth-order valence-electron chi connectivity index (χ4n) is 5.34. The van der Waals surface area contributed by atoms with Crippen LogP contribution in [0.15, 0.2) is 18.2 Å². The zero-order valence-corrected chi connectivity index (χ0v) is 15.9. The second kappa shape index (κ2) is 6.67. The van der Waals surface area contributed by atoms with Crippen molar-refractivity contribution in [3.8, 4) is 0 Å². The van der Waals surface area contributed by atoms with Gasteiger partial charge in [-0.25, -0.2) is 0 Å². The SMILES string of the molecule is O=C1CCC(N2Cc3cc(CNCC45CCC(CN4)C5)ccc3C2=O)C(=O)N1. The topological polar surface area (TPSA) is 90.5 Å². The highest BCUT2D eigenvalue weighted by Crippen LogP contribution is 2.39. The van der Waals surface area contributed by atoms with Gasteiger partial charge in [0.15, 0.2) is 0 Å². The molecule has 3 N–H and O–H groups in total. The average Bonchev–Trinajstić information content (AvgIpc) is 3.35. The normalized spacial score (nSPS) is 31.4. The molecule has 3 unspecified atom stereocenters. The van der Waals surface area contributed by atoms with E-state index in [9.17, 15) is 14.4 Å². The van der Waals surface area contributed by atoms with Crippen LogP contribution in [0, 0.1) is 5.92 Å². The van der Waals surface area contributed by atoms with E-state index >= 15 is 0 Å². The zero-order valence-electron chi connectivity index (χ0n) is 15.9. The summed E-state index contributed by atoms with van der Waals surface area (Å²) in [6, 6.07) is 5.39. The van der Waals surface area contributed by atoms with Gasteiger partial charge in [-0.2, -0.15) is 0 Å². The smallest absolute Gasteiger partial charge is 0.255 e. The molecule has 1 saturated carbocycles. The van der Waals surface area contributed by atoms with Crippen LogP contribution >= 0.6 is 0 Å². The molecule has 1 aromatic rings. The van der Waals surface area contributed by atoms with Crippen LogP contribution in [-0.4, -0.2) is 47.3 Å². The highest BCUT2D eigenvalue weighted by atomic mass is 16.2. The Morgan fingerprint density at radius 3 is 2.82 bits per heavy atom. The number of carbonyl (C=O) groups excluding carboxylic acids is 3. The van der Waals surface area contributed by atoms with Gasteiger partial charge < -0.3 is 15.5 Å². The molecule has 0 spiro atoms. The van der Waals surface area contributed by atoms with Crippen molar-refractivity contribution in [2.45, 2.75) is 56.8 Å². The Balaban J connectivity index is 1.23.